The van der Waals surface area contributed by atoms with Gasteiger partial charge in [-0.1, -0.05) is 43.0 Å². The molecule has 0 heterocycles. The van der Waals surface area contributed by atoms with Crippen LogP contribution in [0.5, 0.6) is 0 Å². The molecular formula is C17H13N3O2. The van der Waals surface area contributed by atoms with Crippen molar-refractivity contribution in [2.24, 2.45) is 0 Å². The summed E-state index contributed by atoms with van der Waals surface area (Å²) in [4.78, 5) is 23.8. The molecule has 0 unspecified atom stereocenters. The number of nitrogens with zero attached hydrogens (tertiary/aromatic N) is 1. The summed E-state index contributed by atoms with van der Waals surface area (Å²) in [5.41, 5.74) is 1.59. The highest BCUT2D eigenvalue weighted by Crippen LogP contribution is 2.19. The van der Waals surface area contributed by atoms with Crippen molar-refractivity contribution in [3.8, 4) is 6.07 Å². The van der Waals surface area contributed by atoms with Crippen molar-refractivity contribution in [2.75, 3.05) is 5.32 Å². The van der Waals surface area contributed by atoms with Gasteiger partial charge in [0.2, 0.25) is 0 Å². The number of carbonyl (C=O) groups excluding carboxylic acids is 2. The number of amides is 3. The number of nitriles is 1. The molecule has 0 atom stereocenters. The van der Waals surface area contributed by atoms with Gasteiger partial charge in [0.05, 0.1) is 11.3 Å². The van der Waals surface area contributed by atoms with Crippen LogP contribution >= 0.6 is 0 Å². The first kappa shape index (κ1) is 15.0. The highest BCUT2D eigenvalue weighted by atomic mass is 16.2. The molecule has 0 aliphatic rings. The van der Waals surface area contributed by atoms with Crippen molar-refractivity contribution in [2.45, 2.75) is 0 Å². The maximum atomic E-state index is 11.9. The Balaban J connectivity index is 2.12. The number of imide groups is 1. The first-order chi connectivity index (χ1) is 10.7. The van der Waals surface area contributed by atoms with Crippen LogP contribution in [0.3, 0.4) is 0 Å². The number of benzene rings is 2. The molecular weight excluding hydrogens is 278 g/mol. The lowest BCUT2D eigenvalue weighted by Gasteiger charge is -2.09. The highest BCUT2D eigenvalue weighted by molar-refractivity contribution is 6.08. The number of carbonyl (C=O) groups is 2. The van der Waals surface area contributed by atoms with Crippen molar-refractivity contribution in [3.05, 3.63) is 71.8 Å². The lowest BCUT2D eigenvalue weighted by molar-refractivity contribution is 0.0967. The third kappa shape index (κ3) is 3.38. The maximum Gasteiger partial charge on any atom is 0.326 e. The molecule has 2 aromatic rings. The molecule has 22 heavy (non-hydrogen) atoms. The normalized spacial score (nSPS) is 9.41. The first-order valence-electron chi connectivity index (χ1n) is 6.48. The monoisotopic (exact) mass is 291 g/mol. The van der Waals surface area contributed by atoms with Crippen LogP contribution in [0.25, 0.3) is 6.08 Å². The van der Waals surface area contributed by atoms with E-state index in [2.05, 4.69) is 17.2 Å². The van der Waals surface area contributed by atoms with Crippen LogP contribution in [0.4, 0.5) is 10.5 Å². The van der Waals surface area contributed by atoms with E-state index in [1.54, 1.807) is 48.5 Å². The fourth-order valence-electron chi connectivity index (χ4n) is 1.89. The fourth-order valence-corrected chi connectivity index (χ4v) is 1.89. The Bertz CT molecular complexity index is 761. The lowest BCUT2D eigenvalue weighted by atomic mass is 10.1. The number of anilines is 1. The second-order valence-electron chi connectivity index (χ2n) is 4.36. The van der Waals surface area contributed by atoms with E-state index in [1.807, 2.05) is 6.07 Å². The Morgan fingerprint density at radius 2 is 1.82 bits per heavy atom. The summed E-state index contributed by atoms with van der Waals surface area (Å²) in [7, 11) is 0. The molecule has 108 valence electrons. The van der Waals surface area contributed by atoms with E-state index in [-0.39, 0.29) is 0 Å². The van der Waals surface area contributed by atoms with Crippen molar-refractivity contribution in [1.29, 1.82) is 5.26 Å². The van der Waals surface area contributed by atoms with Crippen molar-refractivity contribution >= 4 is 23.7 Å². The van der Waals surface area contributed by atoms with E-state index >= 15 is 0 Å². The van der Waals surface area contributed by atoms with Gasteiger partial charge in [-0.05, 0) is 23.8 Å². The molecule has 3 amide bonds. The molecule has 2 rings (SSSR count). The zero-order valence-electron chi connectivity index (χ0n) is 11.7. The topological polar surface area (TPSA) is 82.0 Å². The van der Waals surface area contributed by atoms with Gasteiger partial charge in [-0.2, -0.15) is 5.26 Å². The van der Waals surface area contributed by atoms with Gasteiger partial charge < -0.3 is 5.32 Å². The average Bonchev–Trinajstić information content (AvgIpc) is 2.55. The molecule has 2 N–H and O–H groups in total. The molecule has 2 aromatic carbocycles. The van der Waals surface area contributed by atoms with E-state index in [9.17, 15) is 9.59 Å². The Labute approximate surface area is 127 Å². The number of rotatable bonds is 3. The zero-order chi connectivity index (χ0) is 15.9. The van der Waals surface area contributed by atoms with E-state index in [0.717, 1.165) is 0 Å². The predicted octanol–water partition coefficient (Wildman–Crippen LogP) is 3.16. The van der Waals surface area contributed by atoms with Gasteiger partial charge in [-0.15, -0.1) is 0 Å². The van der Waals surface area contributed by atoms with Crippen molar-refractivity contribution in [1.82, 2.24) is 5.32 Å². The number of hydrogen-bond donors (Lipinski definition) is 2. The van der Waals surface area contributed by atoms with Crippen molar-refractivity contribution in [3.63, 3.8) is 0 Å². The molecule has 5 nitrogen and oxygen atoms in total. The molecule has 0 fully saturated rings. The summed E-state index contributed by atoms with van der Waals surface area (Å²) < 4.78 is 0. The summed E-state index contributed by atoms with van der Waals surface area (Å²) in [6.45, 7) is 3.61. The Morgan fingerprint density at radius 1 is 1.09 bits per heavy atom. The van der Waals surface area contributed by atoms with Crippen LogP contribution in [-0.2, 0) is 0 Å². The summed E-state index contributed by atoms with van der Waals surface area (Å²) in [6, 6.07) is 14.7. The Morgan fingerprint density at radius 3 is 2.45 bits per heavy atom. The summed E-state index contributed by atoms with van der Waals surface area (Å²) >= 11 is 0. The van der Waals surface area contributed by atoms with Crippen LogP contribution in [0.2, 0.25) is 0 Å². The summed E-state index contributed by atoms with van der Waals surface area (Å²) in [6.07, 6.45) is 1.52. The van der Waals surface area contributed by atoms with Crippen molar-refractivity contribution < 1.29 is 9.59 Å². The molecule has 0 radical (unpaired) electrons. The smallest absolute Gasteiger partial charge is 0.306 e. The van der Waals surface area contributed by atoms with Gasteiger partial charge in [0.1, 0.15) is 6.07 Å². The van der Waals surface area contributed by atoms with Gasteiger partial charge in [-0.3, -0.25) is 10.1 Å². The van der Waals surface area contributed by atoms with Crippen LogP contribution in [-0.4, -0.2) is 11.9 Å². The van der Waals surface area contributed by atoms with E-state index in [4.69, 9.17) is 5.26 Å². The second kappa shape index (κ2) is 6.86. The van der Waals surface area contributed by atoms with Crippen LogP contribution in [0.15, 0.2) is 55.1 Å². The molecule has 0 spiro atoms. The standard InChI is InChI=1S/C17H13N3O2/c1-2-12-9-6-10-15(14(12)11-18)19-17(22)20-16(21)13-7-4-3-5-8-13/h2-10H,1H2,(H2,19,20,21,22). The highest BCUT2D eigenvalue weighted by Gasteiger charge is 2.12. The van der Waals surface area contributed by atoms with Crippen LogP contribution < -0.4 is 10.6 Å². The van der Waals surface area contributed by atoms with Gasteiger partial charge in [0, 0.05) is 5.56 Å². The number of nitrogens with one attached hydrogen (secondary N) is 2. The Hall–Kier alpha value is -3.39. The van der Waals surface area contributed by atoms with Crippen LogP contribution in [0, 0.1) is 11.3 Å². The lowest BCUT2D eigenvalue weighted by Crippen LogP contribution is -2.34. The zero-order valence-corrected chi connectivity index (χ0v) is 11.7. The molecule has 0 aliphatic heterocycles. The SMILES string of the molecule is C=Cc1cccc(NC(=O)NC(=O)c2ccccc2)c1C#N. The van der Waals surface area contributed by atoms with Crippen LogP contribution in [0.1, 0.15) is 21.5 Å². The molecule has 0 saturated heterocycles. The van der Waals surface area contributed by atoms with Gasteiger partial charge in [-0.25, -0.2) is 4.79 Å². The first-order valence-corrected chi connectivity index (χ1v) is 6.48. The van der Waals surface area contributed by atoms with Gasteiger partial charge in [0.25, 0.3) is 5.91 Å². The fraction of sp³-hybridized carbons (Fsp3) is 0. The van der Waals surface area contributed by atoms with Gasteiger partial charge in [0.15, 0.2) is 0 Å². The number of hydrogen-bond acceptors (Lipinski definition) is 3. The van der Waals surface area contributed by atoms with Gasteiger partial charge >= 0.3 is 6.03 Å². The maximum absolute atomic E-state index is 11.9. The summed E-state index contributed by atoms with van der Waals surface area (Å²) in [5.74, 6) is -0.517. The quantitative estimate of drug-likeness (QED) is 0.911. The van der Waals surface area contributed by atoms with E-state index in [1.165, 1.54) is 6.08 Å². The predicted molar refractivity (Wildman–Crippen MR) is 84.2 cm³/mol. The molecule has 0 aromatic heterocycles. The molecule has 0 aliphatic carbocycles. The second-order valence-corrected chi connectivity index (χ2v) is 4.36. The Kier molecular flexibility index (Phi) is 4.68. The minimum Gasteiger partial charge on any atom is -0.306 e. The van der Waals surface area contributed by atoms with E-state index < -0.39 is 11.9 Å². The molecule has 0 saturated carbocycles. The third-order valence-electron chi connectivity index (χ3n) is 2.94. The largest absolute Gasteiger partial charge is 0.326 e. The molecule has 5 heteroatoms. The minimum atomic E-state index is -0.702. The minimum absolute atomic E-state index is 0.291. The molecule has 0 bridgehead atoms. The summed E-state index contributed by atoms with van der Waals surface area (Å²) in [5, 5.41) is 13.9. The average molecular weight is 291 g/mol. The third-order valence-corrected chi connectivity index (χ3v) is 2.94. The van der Waals surface area contributed by atoms with E-state index in [0.29, 0.717) is 22.4 Å². The number of urea groups is 1.